The summed E-state index contributed by atoms with van der Waals surface area (Å²) in [5.41, 5.74) is 0. The SMILES string of the molecule is CCOC=C([Si](C)(C)C)P(=O)(OCC)OCC. The minimum Gasteiger partial charge on any atom is -0.501 e. The first-order chi connectivity index (χ1) is 7.81. The van der Waals surface area contributed by atoms with Gasteiger partial charge < -0.3 is 13.8 Å². The van der Waals surface area contributed by atoms with Gasteiger partial charge in [0.1, 0.15) is 0 Å². The predicted molar refractivity (Wildman–Crippen MR) is 73.9 cm³/mol. The van der Waals surface area contributed by atoms with E-state index in [0.717, 1.165) is 4.94 Å². The molecular formula is C11H25O4PSi. The molecule has 0 radical (unpaired) electrons. The van der Waals surface area contributed by atoms with E-state index < -0.39 is 15.7 Å². The lowest BCUT2D eigenvalue weighted by Crippen LogP contribution is -2.25. The smallest absolute Gasteiger partial charge is 0.356 e. The molecule has 0 rings (SSSR count). The lowest BCUT2D eigenvalue weighted by molar-refractivity contribution is 0.224. The number of rotatable bonds is 8. The number of hydrogen-bond acceptors (Lipinski definition) is 4. The molecule has 102 valence electrons. The van der Waals surface area contributed by atoms with Crippen LogP contribution in [0.5, 0.6) is 0 Å². The van der Waals surface area contributed by atoms with Gasteiger partial charge in [0.25, 0.3) is 0 Å². The van der Waals surface area contributed by atoms with Crippen molar-refractivity contribution in [3.05, 3.63) is 11.2 Å². The summed E-state index contributed by atoms with van der Waals surface area (Å²) in [7, 11) is -4.99. The Bertz CT molecular complexity index is 286. The second-order valence-corrected chi connectivity index (χ2v) is 12.0. The molecule has 0 amide bonds. The van der Waals surface area contributed by atoms with E-state index >= 15 is 0 Å². The molecule has 6 heteroatoms. The zero-order valence-electron chi connectivity index (χ0n) is 11.8. The van der Waals surface area contributed by atoms with Crippen LogP contribution in [0, 0.1) is 0 Å². The Morgan fingerprint density at radius 2 is 1.53 bits per heavy atom. The first-order valence-electron chi connectivity index (χ1n) is 6.03. The summed E-state index contributed by atoms with van der Waals surface area (Å²) in [6, 6.07) is 0. The van der Waals surface area contributed by atoms with Crippen LogP contribution in [-0.4, -0.2) is 27.9 Å². The van der Waals surface area contributed by atoms with Crippen molar-refractivity contribution in [2.24, 2.45) is 0 Å². The lowest BCUT2D eigenvalue weighted by Gasteiger charge is -2.27. The fourth-order valence-electron chi connectivity index (χ4n) is 1.33. The van der Waals surface area contributed by atoms with Crippen molar-refractivity contribution in [2.75, 3.05) is 19.8 Å². The maximum atomic E-state index is 12.7. The highest BCUT2D eigenvalue weighted by Gasteiger charge is 2.39. The van der Waals surface area contributed by atoms with Gasteiger partial charge in [0, 0.05) is 0 Å². The summed E-state index contributed by atoms with van der Waals surface area (Å²) in [6.07, 6.45) is 1.58. The third-order valence-electron chi connectivity index (χ3n) is 2.02. The highest BCUT2D eigenvalue weighted by molar-refractivity contribution is 7.62. The van der Waals surface area contributed by atoms with Gasteiger partial charge in [-0.05, 0) is 20.8 Å². The minimum atomic E-state index is -3.18. The van der Waals surface area contributed by atoms with Crippen molar-refractivity contribution in [3.8, 4) is 0 Å². The Morgan fingerprint density at radius 1 is 1.06 bits per heavy atom. The second-order valence-electron chi connectivity index (χ2n) is 4.54. The van der Waals surface area contributed by atoms with Crippen molar-refractivity contribution in [2.45, 2.75) is 40.4 Å². The van der Waals surface area contributed by atoms with Crippen LogP contribution in [0.25, 0.3) is 0 Å². The molecular weight excluding hydrogens is 255 g/mol. The van der Waals surface area contributed by atoms with Gasteiger partial charge in [0.05, 0.1) is 39.1 Å². The number of ether oxygens (including phenoxy) is 1. The third-order valence-corrected chi connectivity index (χ3v) is 8.40. The highest BCUT2D eigenvalue weighted by atomic mass is 31.2. The highest BCUT2D eigenvalue weighted by Crippen LogP contribution is 2.58. The van der Waals surface area contributed by atoms with E-state index in [4.69, 9.17) is 13.8 Å². The zero-order chi connectivity index (χ0) is 13.5. The fourth-order valence-corrected chi connectivity index (χ4v) is 6.68. The largest absolute Gasteiger partial charge is 0.501 e. The first-order valence-corrected chi connectivity index (χ1v) is 11.1. The molecule has 17 heavy (non-hydrogen) atoms. The standard InChI is InChI=1S/C11H25O4PSi/c1-7-13-10-11(17(4,5)6)16(12,14-8-2)15-9-3/h10H,7-9H2,1-6H3. The summed E-state index contributed by atoms with van der Waals surface area (Å²) >= 11 is 0. The van der Waals surface area contributed by atoms with E-state index in [-0.39, 0.29) is 0 Å². The van der Waals surface area contributed by atoms with Crippen LogP contribution in [0.2, 0.25) is 19.6 Å². The topological polar surface area (TPSA) is 44.8 Å². The molecule has 0 fully saturated rings. The van der Waals surface area contributed by atoms with Gasteiger partial charge in [-0.3, -0.25) is 4.57 Å². The molecule has 0 aromatic heterocycles. The molecule has 0 aromatic carbocycles. The van der Waals surface area contributed by atoms with Gasteiger partial charge >= 0.3 is 7.60 Å². The molecule has 0 atom stereocenters. The minimum absolute atomic E-state index is 0.366. The van der Waals surface area contributed by atoms with Crippen LogP contribution >= 0.6 is 7.60 Å². The molecule has 0 aliphatic heterocycles. The average molecular weight is 280 g/mol. The molecule has 0 saturated carbocycles. The van der Waals surface area contributed by atoms with Crippen LogP contribution in [-0.2, 0) is 18.3 Å². The van der Waals surface area contributed by atoms with Gasteiger partial charge in [0.2, 0.25) is 0 Å². The Balaban J connectivity index is 5.30. The first kappa shape index (κ1) is 16.9. The fraction of sp³-hybridized carbons (Fsp3) is 0.818. The zero-order valence-corrected chi connectivity index (χ0v) is 13.7. The van der Waals surface area contributed by atoms with Crippen molar-refractivity contribution in [3.63, 3.8) is 0 Å². The Kier molecular flexibility index (Phi) is 7.33. The quantitative estimate of drug-likeness (QED) is 0.383. The molecule has 4 nitrogen and oxygen atoms in total. The van der Waals surface area contributed by atoms with E-state index in [1.807, 2.05) is 20.8 Å². The van der Waals surface area contributed by atoms with E-state index in [9.17, 15) is 4.57 Å². The lowest BCUT2D eigenvalue weighted by atomic mass is 10.9. The van der Waals surface area contributed by atoms with Gasteiger partial charge in [-0.2, -0.15) is 0 Å². The maximum absolute atomic E-state index is 12.7. The van der Waals surface area contributed by atoms with E-state index in [1.165, 1.54) is 0 Å². The Morgan fingerprint density at radius 3 is 1.82 bits per heavy atom. The summed E-state index contributed by atoms with van der Waals surface area (Å²) in [5.74, 6) is 0. The van der Waals surface area contributed by atoms with Crippen LogP contribution in [0.15, 0.2) is 11.2 Å². The Hall–Kier alpha value is -0.0931. The van der Waals surface area contributed by atoms with Gasteiger partial charge in [0.15, 0.2) is 0 Å². The predicted octanol–water partition coefficient (Wildman–Crippen LogP) is 4.01. The summed E-state index contributed by atoms with van der Waals surface area (Å²) in [4.78, 5) is 0.718. The molecule has 0 unspecified atom stereocenters. The summed E-state index contributed by atoms with van der Waals surface area (Å²) in [5, 5.41) is 0. The molecule has 0 spiro atoms. The van der Waals surface area contributed by atoms with Crippen LogP contribution in [0.1, 0.15) is 20.8 Å². The maximum Gasteiger partial charge on any atom is 0.356 e. The summed E-state index contributed by atoms with van der Waals surface area (Å²) in [6.45, 7) is 13.1. The van der Waals surface area contributed by atoms with Gasteiger partial charge in [-0.1, -0.05) is 19.6 Å². The van der Waals surface area contributed by atoms with Crippen LogP contribution in [0.4, 0.5) is 0 Å². The molecule has 0 heterocycles. The normalized spacial score (nSPS) is 13.9. The monoisotopic (exact) mass is 280 g/mol. The van der Waals surface area contributed by atoms with Crippen LogP contribution in [0.3, 0.4) is 0 Å². The van der Waals surface area contributed by atoms with Crippen LogP contribution < -0.4 is 0 Å². The van der Waals surface area contributed by atoms with Crippen molar-refractivity contribution >= 4 is 15.7 Å². The third kappa shape index (κ3) is 5.38. The van der Waals surface area contributed by atoms with Crippen molar-refractivity contribution < 1.29 is 18.3 Å². The van der Waals surface area contributed by atoms with E-state index in [0.29, 0.717) is 19.8 Å². The molecule has 0 N–H and O–H groups in total. The molecule has 0 aliphatic carbocycles. The molecule has 0 aromatic rings. The molecule has 0 saturated heterocycles. The summed E-state index contributed by atoms with van der Waals surface area (Å²) < 4.78 is 28.8. The van der Waals surface area contributed by atoms with Crippen molar-refractivity contribution in [1.82, 2.24) is 0 Å². The second kappa shape index (κ2) is 7.37. The Labute approximate surface area is 106 Å². The van der Waals surface area contributed by atoms with Crippen molar-refractivity contribution in [1.29, 1.82) is 0 Å². The molecule has 0 bridgehead atoms. The van der Waals surface area contributed by atoms with Gasteiger partial charge in [-0.15, -0.1) is 0 Å². The number of hydrogen-bond donors (Lipinski definition) is 0. The van der Waals surface area contributed by atoms with Gasteiger partial charge in [-0.25, -0.2) is 0 Å². The molecule has 0 aliphatic rings. The van der Waals surface area contributed by atoms with E-state index in [1.54, 1.807) is 6.26 Å². The average Bonchev–Trinajstić information content (AvgIpc) is 2.16. The van der Waals surface area contributed by atoms with E-state index in [2.05, 4.69) is 19.6 Å².